The Labute approximate surface area is 160 Å². The zero-order valence-electron chi connectivity index (χ0n) is 15.6. The van der Waals surface area contributed by atoms with E-state index in [1.165, 1.54) is 30.5 Å². The summed E-state index contributed by atoms with van der Waals surface area (Å²) in [7, 11) is 2.92. The molecule has 2 aromatic rings. The second-order valence-corrected chi connectivity index (χ2v) is 6.46. The molecule has 0 aliphatic carbocycles. The zero-order chi connectivity index (χ0) is 20.5. The molecule has 9 nitrogen and oxygen atoms in total. The van der Waals surface area contributed by atoms with Crippen LogP contribution in [0.1, 0.15) is 29.5 Å². The van der Waals surface area contributed by atoms with Gasteiger partial charge in [0, 0.05) is 25.0 Å². The molecular weight excluding hydrogens is 367 g/mol. The van der Waals surface area contributed by atoms with Gasteiger partial charge < -0.3 is 15.8 Å². The second kappa shape index (κ2) is 7.22. The number of aliphatic imine (C=N–C) groups is 1. The molecule has 3 N–H and O–H groups in total. The number of nitrogens with zero attached hydrogens (tertiary/aromatic N) is 4. The van der Waals surface area contributed by atoms with Crippen molar-refractivity contribution in [3.8, 4) is 5.75 Å². The van der Waals surface area contributed by atoms with Crippen LogP contribution in [-0.2, 0) is 10.3 Å². The molecule has 1 aliphatic heterocycles. The average Bonchev–Trinajstić information content (AvgIpc) is 2.66. The number of methoxy groups -OCH3 is 1. The highest BCUT2D eigenvalue weighted by molar-refractivity contribution is 6.03. The first kappa shape index (κ1) is 19.2. The Hall–Kier alpha value is -3.56. The van der Waals surface area contributed by atoms with Crippen LogP contribution in [0.3, 0.4) is 0 Å². The molecule has 28 heavy (non-hydrogen) atoms. The van der Waals surface area contributed by atoms with Crippen molar-refractivity contribution in [2.45, 2.75) is 18.9 Å². The lowest BCUT2D eigenvalue weighted by molar-refractivity contribution is -0.128. The summed E-state index contributed by atoms with van der Waals surface area (Å²) < 4.78 is 18.9. The number of anilines is 1. The lowest BCUT2D eigenvalue weighted by atomic mass is 9.91. The Bertz CT molecular complexity index is 980. The minimum absolute atomic E-state index is 0.0727. The van der Waals surface area contributed by atoms with Gasteiger partial charge in [-0.05, 0) is 19.1 Å². The summed E-state index contributed by atoms with van der Waals surface area (Å²) in [6.07, 6.45) is 2.78. The van der Waals surface area contributed by atoms with Crippen LogP contribution >= 0.6 is 0 Å². The van der Waals surface area contributed by atoms with Gasteiger partial charge in [-0.1, -0.05) is 0 Å². The van der Waals surface area contributed by atoms with Gasteiger partial charge in [-0.2, -0.15) is 0 Å². The number of hydrogen-bond donors (Lipinski definition) is 2. The second-order valence-electron chi connectivity index (χ2n) is 6.46. The Morgan fingerprint density at radius 2 is 2.14 bits per heavy atom. The number of nitrogens with one attached hydrogen (secondary N) is 1. The van der Waals surface area contributed by atoms with Crippen molar-refractivity contribution < 1.29 is 18.7 Å². The van der Waals surface area contributed by atoms with E-state index in [0.29, 0.717) is 11.4 Å². The topological polar surface area (TPSA) is 123 Å². The number of halogens is 1. The third-order valence-electron chi connectivity index (χ3n) is 4.41. The summed E-state index contributed by atoms with van der Waals surface area (Å²) in [4.78, 5) is 38.2. The van der Waals surface area contributed by atoms with Crippen LogP contribution in [0.15, 0.2) is 35.6 Å². The molecule has 2 aromatic heterocycles. The van der Waals surface area contributed by atoms with Gasteiger partial charge in [0.15, 0.2) is 17.5 Å². The molecule has 0 radical (unpaired) electrons. The van der Waals surface area contributed by atoms with Crippen molar-refractivity contribution in [1.82, 2.24) is 14.9 Å². The van der Waals surface area contributed by atoms with E-state index in [4.69, 9.17) is 10.5 Å². The number of aromatic nitrogens is 2. The van der Waals surface area contributed by atoms with Crippen molar-refractivity contribution in [3.63, 3.8) is 0 Å². The van der Waals surface area contributed by atoms with E-state index in [0.717, 1.165) is 6.07 Å². The lowest BCUT2D eigenvalue weighted by Crippen LogP contribution is -2.47. The predicted molar refractivity (Wildman–Crippen MR) is 99.3 cm³/mol. The summed E-state index contributed by atoms with van der Waals surface area (Å²) in [5.41, 5.74) is 5.26. The first-order chi connectivity index (χ1) is 13.2. The number of rotatable bonds is 4. The molecule has 0 bridgehead atoms. The minimum Gasteiger partial charge on any atom is -0.495 e. The van der Waals surface area contributed by atoms with Gasteiger partial charge in [0.05, 0.1) is 25.4 Å². The Balaban J connectivity index is 1.86. The fourth-order valence-corrected chi connectivity index (χ4v) is 2.75. The number of nitrogens with two attached hydrogens (primary N) is 1. The van der Waals surface area contributed by atoms with E-state index in [1.54, 1.807) is 20.0 Å². The molecule has 1 atom stereocenters. The van der Waals surface area contributed by atoms with Gasteiger partial charge in [-0.25, -0.2) is 14.4 Å². The summed E-state index contributed by atoms with van der Waals surface area (Å²) in [6, 6.07) is 4.17. The highest BCUT2D eigenvalue weighted by Gasteiger charge is 2.37. The molecule has 3 rings (SSSR count). The maximum atomic E-state index is 14.1. The van der Waals surface area contributed by atoms with E-state index in [-0.39, 0.29) is 29.7 Å². The molecule has 1 unspecified atom stereocenters. The molecule has 146 valence electrons. The monoisotopic (exact) mass is 386 g/mol. The van der Waals surface area contributed by atoms with Crippen LogP contribution in [0.25, 0.3) is 0 Å². The molecule has 0 aromatic carbocycles. The van der Waals surface area contributed by atoms with E-state index in [9.17, 15) is 14.0 Å². The Morgan fingerprint density at radius 1 is 1.39 bits per heavy atom. The first-order valence-corrected chi connectivity index (χ1v) is 8.33. The standard InChI is InChI=1S/C18H19FN6O3/c1-18(8-14(26)25(2)17(20)24-18)13-6-10(4-5-21-13)23-16(27)15-12(19)7-11(28-3)9-22-15/h4-7,9H,8H2,1-3H3,(H2,20,24)(H,21,23,27). The molecule has 1 aliphatic rings. The molecule has 0 saturated carbocycles. The van der Waals surface area contributed by atoms with Gasteiger partial charge in [0.25, 0.3) is 5.91 Å². The van der Waals surface area contributed by atoms with Gasteiger partial charge in [-0.3, -0.25) is 19.5 Å². The number of guanidine groups is 1. The number of amides is 2. The predicted octanol–water partition coefficient (Wildman–Crippen LogP) is 1.27. The van der Waals surface area contributed by atoms with Gasteiger partial charge in [0.2, 0.25) is 5.91 Å². The molecular formula is C18H19FN6O3. The van der Waals surface area contributed by atoms with E-state index < -0.39 is 17.3 Å². The third-order valence-corrected chi connectivity index (χ3v) is 4.41. The maximum Gasteiger partial charge on any atom is 0.277 e. The fraction of sp³-hybridized carbons (Fsp3) is 0.278. The minimum atomic E-state index is -0.974. The SMILES string of the molecule is COc1cnc(C(=O)Nc2ccnc(C3(C)CC(=O)N(C)C(N)=N3)c2)c(F)c1. The third kappa shape index (κ3) is 3.61. The zero-order valence-corrected chi connectivity index (χ0v) is 15.6. The molecule has 0 saturated heterocycles. The number of carbonyl (C=O) groups excluding carboxylic acids is 2. The van der Waals surface area contributed by atoms with Gasteiger partial charge in [0.1, 0.15) is 11.3 Å². The fourth-order valence-electron chi connectivity index (χ4n) is 2.75. The van der Waals surface area contributed by atoms with E-state index >= 15 is 0 Å². The maximum absolute atomic E-state index is 14.1. The number of hydrogen-bond acceptors (Lipinski definition) is 7. The Kier molecular flexibility index (Phi) is 4.95. The largest absolute Gasteiger partial charge is 0.495 e. The van der Waals surface area contributed by atoms with Crippen LogP contribution < -0.4 is 15.8 Å². The molecule has 2 amide bonds. The van der Waals surface area contributed by atoms with Crippen molar-refractivity contribution in [2.75, 3.05) is 19.5 Å². The van der Waals surface area contributed by atoms with Crippen molar-refractivity contribution in [3.05, 3.63) is 47.8 Å². The van der Waals surface area contributed by atoms with Crippen molar-refractivity contribution in [2.24, 2.45) is 10.7 Å². The van der Waals surface area contributed by atoms with Crippen LogP contribution in [0, 0.1) is 5.82 Å². The van der Waals surface area contributed by atoms with Gasteiger partial charge in [-0.15, -0.1) is 0 Å². The highest BCUT2D eigenvalue weighted by Crippen LogP contribution is 2.32. The summed E-state index contributed by atoms with van der Waals surface area (Å²) in [6.45, 7) is 1.73. The van der Waals surface area contributed by atoms with E-state index in [2.05, 4.69) is 20.3 Å². The molecule has 10 heteroatoms. The summed E-state index contributed by atoms with van der Waals surface area (Å²) in [5, 5.41) is 2.57. The van der Waals surface area contributed by atoms with Crippen LogP contribution in [-0.4, -0.2) is 46.8 Å². The van der Waals surface area contributed by atoms with Gasteiger partial charge >= 0.3 is 0 Å². The summed E-state index contributed by atoms with van der Waals surface area (Å²) >= 11 is 0. The van der Waals surface area contributed by atoms with Crippen LogP contribution in [0.4, 0.5) is 10.1 Å². The van der Waals surface area contributed by atoms with E-state index in [1.807, 2.05) is 0 Å². The van der Waals surface area contributed by atoms with Crippen molar-refractivity contribution >= 4 is 23.5 Å². The smallest absolute Gasteiger partial charge is 0.277 e. The average molecular weight is 386 g/mol. The molecule has 3 heterocycles. The van der Waals surface area contributed by atoms with Crippen LogP contribution in [0.2, 0.25) is 0 Å². The molecule has 0 spiro atoms. The number of pyridine rings is 2. The number of ether oxygens (including phenoxy) is 1. The Morgan fingerprint density at radius 3 is 2.79 bits per heavy atom. The van der Waals surface area contributed by atoms with Crippen molar-refractivity contribution in [1.29, 1.82) is 0 Å². The normalized spacial score (nSPS) is 19.2. The first-order valence-electron chi connectivity index (χ1n) is 8.33. The highest BCUT2D eigenvalue weighted by atomic mass is 19.1. The summed E-state index contributed by atoms with van der Waals surface area (Å²) in [5.74, 6) is -1.45. The lowest BCUT2D eigenvalue weighted by Gasteiger charge is -2.32. The van der Waals surface area contributed by atoms with Crippen LogP contribution in [0.5, 0.6) is 5.75 Å². The number of carbonyl (C=O) groups is 2. The quantitative estimate of drug-likeness (QED) is 0.816. The molecule has 0 fully saturated rings.